The average Bonchev–Trinajstić information content (AvgIpc) is 3.42. The minimum atomic E-state index is 0.246. The van der Waals surface area contributed by atoms with Crippen molar-refractivity contribution in [3.63, 3.8) is 0 Å². The zero-order valence-electron chi connectivity index (χ0n) is 19.3. The van der Waals surface area contributed by atoms with Gasteiger partial charge in [0.2, 0.25) is 0 Å². The highest BCUT2D eigenvalue weighted by Crippen LogP contribution is 2.32. The number of aryl methyl sites for hydroxylation is 1. The van der Waals surface area contributed by atoms with E-state index in [-0.39, 0.29) is 5.54 Å². The zero-order chi connectivity index (χ0) is 21.0. The van der Waals surface area contributed by atoms with E-state index in [1.165, 1.54) is 70.3 Å². The van der Waals surface area contributed by atoms with Crippen molar-refractivity contribution in [1.29, 1.82) is 0 Å². The number of rotatable bonds is 5. The second-order valence-corrected chi connectivity index (χ2v) is 9.62. The Hall–Kier alpha value is -1.60. The van der Waals surface area contributed by atoms with Crippen LogP contribution in [-0.2, 0) is 7.05 Å². The molecule has 30 heavy (non-hydrogen) atoms. The van der Waals surface area contributed by atoms with Gasteiger partial charge in [-0.25, -0.2) is 0 Å². The molecule has 1 atom stereocenters. The fourth-order valence-corrected chi connectivity index (χ4v) is 5.50. The van der Waals surface area contributed by atoms with Gasteiger partial charge in [-0.2, -0.15) is 5.10 Å². The van der Waals surface area contributed by atoms with E-state index < -0.39 is 0 Å². The summed E-state index contributed by atoms with van der Waals surface area (Å²) in [6.45, 7) is 11.0. The lowest BCUT2D eigenvalue weighted by Gasteiger charge is -2.49. The van der Waals surface area contributed by atoms with E-state index >= 15 is 0 Å². The molecule has 3 aliphatic heterocycles. The first-order chi connectivity index (χ1) is 14.6. The second-order valence-electron chi connectivity index (χ2n) is 9.62. The van der Waals surface area contributed by atoms with Crippen molar-refractivity contribution in [3.8, 4) is 0 Å². The van der Waals surface area contributed by atoms with Crippen LogP contribution in [0.5, 0.6) is 0 Å². The Labute approximate surface area is 182 Å². The van der Waals surface area contributed by atoms with E-state index in [4.69, 9.17) is 4.99 Å². The summed E-state index contributed by atoms with van der Waals surface area (Å²) in [4.78, 5) is 13.0. The predicted molar refractivity (Wildman–Crippen MR) is 123 cm³/mol. The fraction of sp³-hybridized carbons (Fsp3) is 0.826. The highest BCUT2D eigenvalue weighted by molar-refractivity contribution is 5.80. The smallest absolute Gasteiger partial charge is 0.194 e. The van der Waals surface area contributed by atoms with Crippen LogP contribution in [0.4, 0.5) is 0 Å². The lowest BCUT2D eigenvalue weighted by atomic mass is 9.84. The lowest BCUT2D eigenvalue weighted by Crippen LogP contribution is -2.58. The molecule has 3 saturated heterocycles. The third-order valence-electron chi connectivity index (χ3n) is 7.49. The molecule has 1 aromatic rings. The van der Waals surface area contributed by atoms with Crippen LogP contribution in [0.2, 0.25) is 0 Å². The fourth-order valence-electron chi connectivity index (χ4n) is 5.50. The van der Waals surface area contributed by atoms with Gasteiger partial charge in [0.05, 0.1) is 12.7 Å². The molecule has 1 aromatic heterocycles. The number of hydrogen-bond acceptors (Lipinski definition) is 4. The molecule has 168 valence electrons. The van der Waals surface area contributed by atoms with E-state index in [1.54, 1.807) is 0 Å². The molecule has 3 aliphatic rings. The Morgan fingerprint density at radius 2 is 1.90 bits per heavy atom. The van der Waals surface area contributed by atoms with Crippen LogP contribution in [-0.4, -0.2) is 95.4 Å². The normalized spacial score (nSPS) is 26.3. The summed E-state index contributed by atoms with van der Waals surface area (Å²) in [6.07, 6.45) is 11.9. The topological polar surface area (TPSA) is 51.9 Å². The van der Waals surface area contributed by atoms with Gasteiger partial charge >= 0.3 is 0 Å². The molecule has 0 aliphatic carbocycles. The summed E-state index contributed by atoms with van der Waals surface area (Å²) in [5.41, 5.74) is 1.60. The lowest BCUT2D eigenvalue weighted by molar-refractivity contribution is 0.0207. The first-order valence-corrected chi connectivity index (χ1v) is 12.0. The number of nitrogens with zero attached hydrogens (tertiary/aromatic N) is 6. The molecular weight excluding hydrogens is 374 g/mol. The summed E-state index contributed by atoms with van der Waals surface area (Å²) >= 11 is 0. The minimum Gasteiger partial charge on any atom is -0.357 e. The number of aliphatic imine (C=N–C) groups is 1. The van der Waals surface area contributed by atoms with Crippen molar-refractivity contribution < 1.29 is 0 Å². The van der Waals surface area contributed by atoms with E-state index in [1.807, 2.05) is 17.9 Å². The van der Waals surface area contributed by atoms with Gasteiger partial charge in [-0.1, -0.05) is 6.42 Å². The van der Waals surface area contributed by atoms with Gasteiger partial charge in [0.25, 0.3) is 0 Å². The molecule has 1 unspecified atom stereocenters. The molecule has 1 N–H and O–H groups in total. The van der Waals surface area contributed by atoms with Gasteiger partial charge in [0.15, 0.2) is 5.96 Å². The van der Waals surface area contributed by atoms with E-state index in [9.17, 15) is 0 Å². The van der Waals surface area contributed by atoms with Crippen molar-refractivity contribution in [3.05, 3.63) is 18.0 Å². The maximum atomic E-state index is 5.28. The molecule has 0 radical (unpaired) electrons. The quantitative estimate of drug-likeness (QED) is 0.590. The second kappa shape index (κ2) is 9.69. The molecule has 3 fully saturated rings. The van der Waals surface area contributed by atoms with Gasteiger partial charge in [-0.3, -0.25) is 14.6 Å². The summed E-state index contributed by atoms with van der Waals surface area (Å²) in [6, 6.07) is 0. The summed E-state index contributed by atoms with van der Waals surface area (Å²) in [5, 5.41) is 7.97. The van der Waals surface area contributed by atoms with Crippen LogP contribution >= 0.6 is 0 Å². The molecule has 7 heteroatoms. The molecule has 4 rings (SSSR count). The van der Waals surface area contributed by atoms with Crippen LogP contribution in [0.1, 0.15) is 56.9 Å². The zero-order valence-corrected chi connectivity index (χ0v) is 19.3. The van der Waals surface area contributed by atoms with Crippen molar-refractivity contribution >= 4 is 5.96 Å². The molecule has 0 spiro atoms. The number of guanidine groups is 1. The van der Waals surface area contributed by atoms with Crippen molar-refractivity contribution in [2.24, 2.45) is 12.0 Å². The highest BCUT2D eigenvalue weighted by Gasteiger charge is 2.40. The van der Waals surface area contributed by atoms with Crippen LogP contribution < -0.4 is 5.32 Å². The van der Waals surface area contributed by atoms with Crippen LogP contribution in [0.25, 0.3) is 0 Å². The SMILES string of the molecule is CCNC(=NCC1(N2CCCCC2)CCN(C)CC1)N1CCC(c2cnn(C)c2)C1. The third kappa shape index (κ3) is 4.83. The Morgan fingerprint density at radius 1 is 1.13 bits per heavy atom. The Balaban J connectivity index is 1.47. The van der Waals surface area contributed by atoms with Crippen molar-refractivity contribution in [2.45, 2.75) is 56.9 Å². The average molecular weight is 416 g/mol. The number of likely N-dealkylation sites (tertiary alicyclic amines) is 3. The summed E-state index contributed by atoms with van der Waals surface area (Å²) in [7, 11) is 4.26. The van der Waals surface area contributed by atoms with Gasteiger partial charge in [-0.05, 0) is 77.8 Å². The standard InChI is InChI=1S/C23H41N7/c1-4-24-22(29-13-8-20(18-29)21-16-26-28(3)17-21)25-19-23(9-14-27(2)15-10-23)30-11-6-5-7-12-30/h16-17,20H,4-15,18-19H2,1-3H3,(H,24,25). The Bertz CT molecular complexity index is 698. The number of piperidine rings is 2. The van der Waals surface area contributed by atoms with E-state index in [2.05, 4.69) is 45.3 Å². The molecule has 0 aromatic carbocycles. The maximum absolute atomic E-state index is 5.28. The van der Waals surface area contributed by atoms with E-state index in [0.29, 0.717) is 5.92 Å². The molecule has 4 heterocycles. The predicted octanol–water partition coefficient (Wildman–Crippen LogP) is 2.13. The summed E-state index contributed by atoms with van der Waals surface area (Å²) < 4.78 is 1.92. The van der Waals surface area contributed by atoms with E-state index in [0.717, 1.165) is 32.1 Å². The monoisotopic (exact) mass is 415 g/mol. The molecule has 0 saturated carbocycles. The summed E-state index contributed by atoms with van der Waals surface area (Å²) in [5.74, 6) is 1.67. The van der Waals surface area contributed by atoms with Crippen LogP contribution in [0, 0.1) is 0 Å². The molecule has 0 amide bonds. The Morgan fingerprint density at radius 3 is 2.57 bits per heavy atom. The minimum absolute atomic E-state index is 0.246. The highest BCUT2D eigenvalue weighted by atomic mass is 15.3. The molecular formula is C23H41N7. The third-order valence-corrected chi connectivity index (χ3v) is 7.49. The first-order valence-electron chi connectivity index (χ1n) is 12.0. The number of nitrogens with one attached hydrogen (secondary N) is 1. The van der Waals surface area contributed by atoms with Crippen LogP contribution in [0.15, 0.2) is 17.4 Å². The van der Waals surface area contributed by atoms with Gasteiger partial charge in [-0.15, -0.1) is 0 Å². The maximum Gasteiger partial charge on any atom is 0.194 e. The van der Waals surface area contributed by atoms with Gasteiger partial charge in [0.1, 0.15) is 0 Å². The number of aromatic nitrogens is 2. The molecule has 7 nitrogen and oxygen atoms in total. The van der Waals surface area contributed by atoms with Gasteiger partial charge in [0, 0.05) is 44.3 Å². The van der Waals surface area contributed by atoms with Gasteiger partial charge < -0.3 is 15.1 Å². The first kappa shape index (κ1) is 21.6. The van der Waals surface area contributed by atoms with Crippen molar-refractivity contribution in [1.82, 2.24) is 29.8 Å². The Kier molecular flexibility index (Phi) is 6.98. The van der Waals surface area contributed by atoms with Crippen molar-refractivity contribution in [2.75, 3.05) is 59.4 Å². The largest absolute Gasteiger partial charge is 0.357 e. The van der Waals surface area contributed by atoms with Crippen LogP contribution in [0.3, 0.4) is 0 Å². The molecule has 0 bridgehead atoms. The number of hydrogen-bond donors (Lipinski definition) is 1.